The zero-order chi connectivity index (χ0) is 15.9. The summed E-state index contributed by atoms with van der Waals surface area (Å²) < 4.78 is 5.13. The highest BCUT2D eigenvalue weighted by atomic mass is 35.5. The van der Waals surface area contributed by atoms with Crippen LogP contribution < -0.4 is 0 Å². The number of aryl methyl sites for hydroxylation is 1. The summed E-state index contributed by atoms with van der Waals surface area (Å²) in [6.07, 6.45) is 1.40. The number of aliphatic hydroxyl groups excluding tert-OH is 1. The van der Waals surface area contributed by atoms with Crippen molar-refractivity contribution < 1.29 is 9.63 Å². The molecular weight excluding hydrogens is 325 g/mol. The van der Waals surface area contributed by atoms with Gasteiger partial charge in [-0.1, -0.05) is 41.3 Å². The Morgan fingerprint density at radius 3 is 2.68 bits per heavy atom. The Labute approximate surface area is 139 Å². The third-order valence-corrected chi connectivity index (χ3v) is 3.94. The van der Waals surface area contributed by atoms with Gasteiger partial charge in [-0.3, -0.25) is 4.90 Å². The summed E-state index contributed by atoms with van der Waals surface area (Å²) in [6.45, 7) is 4.07. The predicted octanol–water partition coefficient (Wildman–Crippen LogP) is 3.32. The van der Waals surface area contributed by atoms with Gasteiger partial charge in [-0.25, -0.2) is 0 Å². The zero-order valence-electron chi connectivity index (χ0n) is 12.4. The quantitative estimate of drug-likeness (QED) is 0.796. The molecule has 2 rings (SSSR count). The summed E-state index contributed by atoms with van der Waals surface area (Å²) in [4.78, 5) is 6.46. The van der Waals surface area contributed by atoms with Crippen LogP contribution in [0.15, 0.2) is 22.7 Å². The van der Waals surface area contributed by atoms with E-state index in [1.54, 1.807) is 6.07 Å². The standard InChI is InChI=1S/C15H19Cl2N3O2/c1-2-15-18-14(19-22-15)10-20(6-3-7-21)9-11-4-5-12(16)13(17)8-11/h4-5,8,21H,2-3,6-7,9-10H2,1H3. The van der Waals surface area contributed by atoms with E-state index in [1.165, 1.54) is 0 Å². The second-order valence-electron chi connectivity index (χ2n) is 4.99. The van der Waals surface area contributed by atoms with Crippen molar-refractivity contribution in [2.24, 2.45) is 0 Å². The highest BCUT2D eigenvalue weighted by Crippen LogP contribution is 2.23. The molecule has 0 amide bonds. The first-order valence-electron chi connectivity index (χ1n) is 7.21. The van der Waals surface area contributed by atoms with Gasteiger partial charge in [-0.2, -0.15) is 4.98 Å². The van der Waals surface area contributed by atoms with Crippen molar-refractivity contribution in [1.29, 1.82) is 0 Å². The lowest BCUT2D eigenvalue weighted by Gasteiger charge is -2.20. The summed E-state index contributed by atoms with van der Waals surface area (Å²) in [5.74, 6) is 1.28. The van der Waals surface area contributed by atoms with E-state index in [-0.39, 0.29) is 6.61 Å². The topological polar surface area (TPSA) is 62.4 Å². The molecule has 1 heterocycles. The Bertz CT molecular complexity index is 604. The molecule has 1 aromatic heterocycles. The fraction of sp³-hybridized carbons (Fsp3) is 0.467. The van der Waals surface area contributed by atoms with Crippen LogP contribution in [-0.4, -0.2) is 33.3 Å². The van der Waals surface area contributed by atoms with Gasteiger partial charge in [0.25, 0.3) is 0 Å². The molecule has 1 N–H and O–H groups in total. The highest BCUT2D eigenvalue weighted by molar-refractivity contribution is 6.42. The summed E-state index contributed by atoms with van der Waals surface area (Å²) in [7, 11) is 0. The molecule has 0 saturated carbocycles. The van der Waals surface area contributed by atoms with Gasteiger partial charge in [0, 0.05) is 26.1 Å². The normalized spacial score (nSPS) is 11.3. The molecule has 0 aliphatic heterocycles. The third-order valence-electron chi connectivity index (χ3n) is 3.20. The van der Waals surface area contributed by atoms with E-state index in [1.807, 2.05) is 19.1 Å². The summed E-state index contributed by atoms with van der Waals surface area (Å²) in [5, 5.41) is 14.1. The van der Waals surface area contributed by atoms with Gasteiger partial charge in [0.1, 0.15) is 0 Å². The maximum atomic E-state index is 9.06. The second-order valence-corrected chi connectivity index (χ2v) is 5.81. The second kappa shape index (κ2) is 8.48. The summed E-state index contributed by atoms with van der Waals surface area (Å²) >= 11 is 12.0. The fourth-order valence-corrected chi connectivity index (χ4v) is 2.42. The number of rotatable bonds is 8. The molecule has 0 bridgehead atoms. The van der Waals surface area contributed by atoms with Crippen molar-refractivity contribution in [3.63, 3.8) is 0 Å². The zero-order valence-corrected chi connectivity index (χ0v) is 13.9. The number of aromatic nitrogens is 2. The minimum Gasteiger partial charge on any atom is -0.396 e. The van der Waals surface area contributed by atoms with E-state index in [9.17, 15) is 0 Å². The lowest BCUT2D eigenvalue weighted by Crippen LogP contribution is -2.25. The van der Waals surface area contributed by atoms with Crippen molar-refractivity contribution in [2.75, 3.05) is 13.2 Å². The first-order valence-corrected chi connectivity index (χ1v) is 7.96. The number of hydrogen-bond donors (Lipinski definition) is 1. The van der Waals surface area contributed by atoms with Crippen LogP contribution in [0.3, 0.4) is 0 Å². The van der Waals surface area contributed by atoms with Crippen LogP contribution in [0, 0.1) is 0 Å². The number of benzene rings is 1. The summed E-state index contributed by atoms with van der Waals surface area (Å²) in [5.41, 5.74) is 1.05. The van der Waals surface area contributed by atoms with Crippen LogP contribution in [0.4, 0.5) is 0 Å². The number of hydrogen-bond acceptors (Lipinski definition) is 5. The lowest BCUT2D eigenvalue weighted by atomic mass is 10.2. The van der Waals surface area contributed by atoms with Crippen molar-refractivity contribution in [3.05, 3.63) is 45.5 Å². The first-order chi connectivity index (χ1) is 10.6. The first kappa shape index (κ1) is 17.2. The number of nitrogens with zero attached hydrogens (tertiary/aromatic N) is 3. The van der Waals surface area contributed by atoms with Crippen molar-refractivity contribution in [2.45, 2.75) is 32.9 Å². The maximum Gasteiger partial charge on any atom is 0.226 e. The molecule has 22 heavy (non-hydrogen) atoms. The van der Waals surface area contributed by atoms with E-state index in [0.29, 0.717) is 41.3 Å². The number of halogens is 2. The Morgan fingerprint density at radius 2 is 2.05 bits per heavy atom. The molecule has 0 aliphatic rings. The molecule has 1 aromatic carbocycles. The molecule has 0 atom stereocenters. The molecule has 0 saturated heterocycles. The van der Waals surface area contributed by atoms with Crippen molar-refractivity contribution >= 4 is 23.2 Å². The molecule has 120 valence electrons. The molecule has 0 radical (unpaired) electrons. The Morgan fingerprint density at radius 1 is 1.23 bits per heavy atom. The van der Waals surface area contributed by atoms with Gasteiger partial charge in [-0.05, 0) is 24.1 Å². The maximum absolute atomic E-state index is 9.06. The fourth-order valence-electron chi connectivity index (χ4n) is 2.10. The van der Waals surface area contributed by atoms with Crippen molar-refractivity contribution in [3.8, 4) is 0 Å². The van der Waals surface area contributed by atoms with Crippen LogP contribution in [-0.2, 0) is 19.5 Å². The van der Waals surface area contributed by atoms with Crippen LogP contribution in [0.5, 0.6) is 0 Å². The van der Waals surface area contributed by atoms with Gasteiger partial charge in [0.2, 0.25) is 5.89 Å². The Balaban J connectivity index is 2.05. The minimum atomic E-state index is 0.143. The molecular formula is C15H19Cl2N3O2. The summed E-state index contributed by atoms with van der Waals surface area (Å²) in [6, 6.07) is 5.57. The highest BCUT2D eigenvalue weighted by Gasteiger charge is 2.12. The van der Waals surface area contributed by atoms with Gasteiger partial charge < -0.3 is 9.63 Å². The molecule has 0 spiro atoms. The van der Waals surface area contributed by atoms with Crippen molar-refractivity contribution in [1.82, 2.24) is 15.0 Å². The van der Waals surface area contributed by atoms with Crippen LogP contribution in [0.25, 0.3) is 0 Å². The van der Waals surface area contributed by atoms with E-state index in [0.717, 1.165) is 18.5 Å². The predicted molar refractivity (Wildman–Crippen MR) is 86.0 cm³/mol. The van der Waals surface area contributed by atoms with Crippen LogP contribution in [0.2, 0.25) is 10.0 Å². The largest absolute Gasteiger partial charge is 0.396 e. The molecule has 7 heteroatoms. The molecule has 0 fully saturated rings. The van der Waals surface area contributed by atoms with Crippen LogP contribution >= 0.6 is 23.2 Å². The van der Waals surface area contributed by atoms with E-state index in [2.05, 4.69) is 15.0 Å². The van der Waals surface area contributed by atoms with Gasteiger partial charge in [0.05, 0.1) is 16.6 Å². The third kappa shape index (κ3) is 4.95. The van der Waals surface area contributed by atoms with Gasteiger partial charge in [0.15, 0.2) is 5.82 Å². The van der Waals surface area contributed by atoms with E-state index >= 15 is 0 Å². The van der Waals surface area contributed by atoms with Crippen LogP contribution in [0.1, 0.15) is 30.6 Å². The molecule has 0 aliphatic carbocycles. The van der Waals surface area contributed by atoms with E-state index in [4.69, 9.17) is 32.8 Å². The molecule has 0 unspecified atom stereocenters. The molecule has 5 nitrogen and oxygen atoms in total. The smallest absolute Gasteiger partial charge is 0.226 e. The minimum absolute atomic E-state index is 0.143. The monoisotopic (exact) mass is 343 g/mol. The van der Waals surface area contributed by atoms with E-state index < -0.39 is 0 Å². The van der Waals surface area contributed by atoms with Gasteiger partial charge in [-0.15, -0.1) is 0 Å². The molecule has 2 aromatic rings. The Hall–Kier alpha value is -1.14. The Kier molecular flexibility index (Phi) is 6.64. The lowest BCUT2D eigenvalue weighted by molar-refractivity contribution is 0.207. The average molecular weight is 344 g/mol. The average Bonchev–Trinajstić information content (AvgIpc) is 2.96. The SMILES string of the molecule is CCc1nc(CN(CCCO)Cc2ccc(Cl)c(Cl)c2)no1. The van der Waals surface area contributed by atoms with Gasteiger partial charge >= 0.3 is 0 Å². The number of aliphatic hydroxyl groups is 1.